The fourth-order valence-corrected chi connectivity index (χ4v) is 5.53. The Morgan fingerprint density at radius 3 is 2.61 bits per heavy atom. The lowest BCUT2D eigenvalue weighted by atomic mass is 9.92. The third-order valence-corrected chi connectivity index (χ3v) is 7.52. The van der Waals surface area contributed by atoms with Crippen LogP contribution < -0.4 is 10.1 Å². The lowest BCUT2D eigenvalue weighted by Gasteiger charge is -2.31. The van der Waals surface area contributed by atoms with Crippen LogP contribution in [0.25, 0.3) is 21.9 Å². The number of imidazole rings is 1. The fourth-order valence-electron chi connectivity index (χ4n) is 5.53. The van der Waals surface area contributed by atoms with Gasteiger partial charge in [0.05, 0.1) is 36.0 Å². The van der Waals surface area contributed by atoms with Gasteiger partial charge < -0.3 is 34.6 Å². The summed E-state index contributed by atoms with van der Waals surface area (Å²) in [5.74, 6) is -0.894. The number of aromatic nitrogens is 3. The van der Waals surface area contributed by atoms with Crippen molar-refractivity contribution < 1.29 is 34.1 Å². The zero-order valence-corrected chi connectivity index (χ0v) is 23.2. The molecule has 216 valence electrons. The summed E-state index contributed by atoms with van der Waals surface area (Å²) in [5, 5.41) is 23.1. The van der Waals surface area contributed by atoms with Crippen molar-refractivity contribution in [2.75, 3.05) is 13.7 Å². The Bertz CT molecular complexity index is 1610. The Kier molecular flexibility index (Phi) is 7.98. The van der Waals surface area contributed by atoms with E-state index in [4.69, 9.17) is 19.6 Å². The van der Waals surface area contributed by atoms with Gasteiger partial charge in [0, 0.05) is 22.4 Å². The molecule has 1 fully saturated rings. The Morgan fingerprint density at radius 2 is 1.90 bits per heavy atom. The predicted octanol–water partition coefficient (Wildman–Crippen LogP) is 4.22. The van der Waals surface area contributed by atoms with E-state index in [0.717, 1.165) is 37.0 Å². The van der Waals surface area contributed by atoms with Gasteiger partial charge in [-0.2, -0.15) is 0 Å². The summed E-state index contributed by atoms with van der Waals surface area (Å²) in [6.45, 7) is 3.64. The van der Waals surface area contributed by atoms with Crippen molar-refractivity contribution in [3.8, 4) is 5.75 Å². The summed E-state index contributed by atoms with van der Waals surface area (Å²) >= 11 is 0. The molecule has 11 heteroatoms. The number of nitrogens with one attached hydrogen (secondary N) is 2. The molecule has 0 saturated heterocycles. The maximum absolute atomic E-state index is 13.4. The zero-order chi connectivity index (χ0) is 29.3. The maximum atomic E-state index is 13.4. The molecular formula is C30H34N4O7. The number of aromatic amines is 1. The van der Waals surface area contributed by atoms with Crippen LogP contribution in [-0.4, -0.2) is 62.4 Å². The molecule has 5 rings (SSSR count). The molecule has 11 nitrogen and oxygen atoms in total. The van der Waals surface area contributed by atoms with Gasteiger partial charge in [0.25, 0.3) is 5.91 Å². The number of hydrogen-bond donors (Lipinski definition) is 4. The van der Waals surface area contributed by atoms with E-state index in [-0.39, 0.29) is 12.0 Å². The molecule has 1 saturated carbocycles. The van der Waals surface area contributed by atoms with E-state index in [2.05, 4.69) is 28.7 Å². The van der Waals surface area contributed by atoms with Gasteiger partial charge in [0.15, 0.2) is 12.6 Å². The van der Waals surface area contributed by atoms with Crippen molar-refractivity contribution in [3.63, 3.8) is 0 Å². The number of esters is 1. The average Bonchev–Trinajstić information content (AvgIpc) is 3.55. The predicted molar refractivity (Wildman–Crippen MR) is 151 cm³/mol. The molecule has 1 aliphatic rings. The van der Waals surface area contributed by atoms with Gasteiger partial charge in [-0.05, 0) is 55.3 Å². The molecule has 2 heterocycles. The summed E-state index contributed by atoms with van der Waals surface area (Å²) in [4.78, 5) is 45.0. The molecule has 0 bridgehead atoms. The number of hydrogen-bond acceptors (Lipinski definition) is 7. The van der Waals surface area contributed by atoms with E-state index in [0.29, 0.717) is 33.4 Å². The van der Waals surface area contributed by atoms with Crippen LogP contribution in [0.5, 0.6) is 5.75 Å². The maximum Gasteiger partial charge on any atom is 0.341 e. The zero-order valence-electron chi connectivity index (χ0n) is 23.2. The molecule has 0 aliphatic heterocycles. The van der Waals surface area contributed by atoms with Gasteiger partial charge in [-0.3, -0.25) is 4.79 Å². The van der Waals surface area contributed by atoms with Gasteiger partial charge in [0.1, 0.15) is 11.6 Å². The lowest BCUT2D eigenvalue weighted by molar-refractivity contribution is -0.143. The highest BCUT2D eigenvalue weighted by molar-refractivity contribution is 6.00. The number of carbonyl (C=O) groups is 3. The second-order valence-electron chi connectivity index (χ2n) is 10.7. The van der Waals surface area contributed by atoms with Crippen LogP contribution in [0.3, 0.4) is 0 Å². The number of H-pyrrole nitrogens is 1. The van der Waals surface area contributed by atoms with E-state index in [9.17, 15) is 19.5 Å². The normalized spacial score (nSPS) is 18.0. The number of aliphatic hydroxyl groups excluding tert-OH is 1. The summed E-state index contributed by atoms with van der Waals surface area (Å²) < 4.78 is 12.3. The molecule has 4 aromatic rings. The highest BCUT2D eigenvalue weighted by Gasteiger charge is 2.30. The Labute approximate surface area is 236 Å². The SMILES string of the molecule is COC(=O)[C@@H](NC(=O)c1ccc2c(c1)nc(C(C)C)n2[C@@H]1CCCC[C@H]1O)c1cc2cc(OCC(=O)O)ccc2[nH]1. The number of carboxylic acid groups (broad SMARTS) is 1. The standard InChI is InChI=1S/C30H34N4O7/c1-16(2)28-32-21-13-17(8-11-23(21)34(28)24-6-4-5-7-25(24)35)29(38)33-27(30(39)40-3)22-14-18-12-19(41-15-26(36)37)9-10-20(18)31-22/h8-14,16,24-25,27,31,35H,4-7,15H2,1-3H3,(H,33,38)(H,36,37)/t24-,25-,27+/m1/s1. The van der Waals surface area contributed by atoms with E-state index in [1.54, 1.807) is 36.4 Å². The van der Waals surface area contributed by atoms with Crippen molar-refractivity contribution in [1.82, 2.24) is 19.9 Å². The highest BCUT2D eigenvalue weighted by atomic mass is 16.5. The number of aliphatic carboxylic acids is 1. The number of carboxylic acids is 1. The van der Waals surface area contributed by atoms with Crippen LogP contribution in [0.1, 0.15) is 79.4 Å². The molecule has 0 spiro atoms. The van der Waals surface area contributed by atoms with Gasteiger partial charge in [0.2, 0.25) is 0 Å². The number of carbonyl (C=O) groups excluding carboxylic acids is 2. The first-order valence-electron chi connectivity index (χ1n) is 13.7. The third-order valence-electron chi connectivity index (χ3n) is 7.52. The van der Waals surface area contributed by atoms with Crippen LogP contribution in [0.15, 0.2) is 42.5 Å². The van der Waals surface area contributed by atoms with Crippen LogP contribution >= 0.6 is 0 Å². The molecule has 41 heavy (non-hydrogen) atoms. The van der Waals surface area contributed by atoms with E-state index < -0.39 is 36.6 Å². The summed E-state index contributed by atoms with van der Waals surface area (Å²) in [7, 11) is 1.24. The number of amides is 1. The number of rotatable bonds is 9. The van der Waals surface area contributed by atoms with Crippen LogP contribution in [-0.2, 0) is 14.3 Å². The van der Waals surface area contributed by atoms with Crippen molar-refractivity contribution in [2.24, 2.45) is 0 Å². The van der Waals surface area contributed by atoms with E-state index in [1.807, 2.05) is 6.07 Å². The molecule has 3 atom stereocenters. The van der Waals surface area contributed by atoms with Crippen LogP contribution in [0.4, 0.5) is 0 Å². The van der Waals surface area contributed by atoms with Gasteiger partial charge >= 0.3 is 11.9 Å². The summed E-state index contributed by atoms with van der Waals surface area (Å²) in [6, 6.07) is 10.7. The number of fused-ring (bicyclic) bond motifs is 2. The number of benzene rings is 2. The second-order valence-corrected chi connectivity index (χ2v) is 10.7. The second kappa shape index (κ2) is 11.6. The first-order valence-corrected chi connectivity index (χ1v) is 13.7. The van der Waals surface area contributed by atoms with Gasteiger partial charge in [-0.1, -0.05) is 26.7 Å². The minimum atomic E-state index is -1.12. The first kappa shape index (κ1) is 28.2. The Balaban J connectivity index is 1.43. The smallest absolute Gasteiger partial charge is 0.341 e. The van der Waals surface area contributed by atoms with Crippen molar-refractivity contribution >= 4 is 39.8 Å². The van der Waals surface area contributed by atoms with Crippen LogP contribution in [0, 0.1) is 0 Å². The topological polar surface area (TPSA) is 156 Å². The van der Waals surface area contributed by atoms with E-state index in [1.165, 1.54) is 7.11 Å². The van der Waals surface area contributed by atoms with Crippen molar-refractivity contribution in [1.29, 1.82) is 0 Å². The van der Waals surface area contributed by atoms with Crippen molar-refractivity contribution in [3.05, 3.63) is 59.5 Å². The highest BCUT2D eigenvalue weighted by Crippen LogP contribution is 2.35. The van der Waals surface area contributed by atoms with Gasteiger partial charge in [-0.25, -0.2) is 14.6 Å². The molecule has 4 N–H and O–H groups in total. The van der Waals surface area contributed by atoms with Gasteiger partial charge in [-0.15, -0.1) is 0 Å². The molecule has 0 unspecified atom stereocenters. The summed E-state index contributed by atoms with van der Waals surface area (Å²) in [6.07, 6.45) is 3.22. The molecular weight excluding hydrogens is 528 g/mol. The fraction of sp³-hybridized carbons (Fsp3) is 0.400. The molecule has 1 amide bonds. The number of nitrogens with zero attached hydrogens (tertiary/aromatic N) is 2. The molecule has 1 aliphatic carbocycles. The Morgan fingerprint density at radius 1 is 1.12 bits per heavy atom. The largest absolute Gasteiger partial charge is 0.482 e. The quantitative estimate of drug-likeness (QED) is 0.221. The number of aliphatic hydroxyl groups is 1. The molecule has 2 aromatic carbocycles. The molecule has 2 aromatic heterocycles. The average molecular weight is 563 g/mol. The third kappa shape index (κ3) is 5.76. The first-order chi connectivity index (χ1) is 19.7. The van der Waals surface area contributed by atoms with Crippen molar-refractivity contribution in [2.45, 2.75) is 63.6 Å². The molecule has 0 radical (unpaired) electrons. The minimum Gasteiger partial charge on any atom is -0.482 e. The monoisotopic (exact) mass is 562 g/mol. The minimum absolute atomic E-state index is 0.0633. The number of ether oxygens (including phenoxy) is 2. The lowest BCUT2D eigenvalue weighted by Crippen LogP contribution is -2.34. The summed E-state index contributed by atoms with van der Waals surface area (Å²) in [5.41, 5.74) is 2.90. The van der Waals surface area contributed by atoms with E-state index >= 15 is 0 Å². The van der Waals surface area contributed by atoms with Crippen LogP contribution in [0.2, 0.25) is 0 Å². The number of methoxy groups -OCH3 is 1. The Hall–Kier alpha value is -4.38.